The van der Waals surface area contributed by atoms with Crippen LogP contribution in [0, 0.1) is 11.7 Å². The maximum Gasteiger partial charge on any atom is 0.300 e. The lowest BCUT2D eigenvalue weighted by Gasteiger charge is -2.11. The van der Waals surface area contributed by atoms with Crippen molar-refractivity contribution in [2.45, 2.75) is 26.3 Å². The van der Waals surface area contributed by atoms with E-state index in [0.717, 1.165) is 5.56 Å². The highest BCUT2D eigenvalue weighted by molar-refractivity contribution is 6.30. The number of amides is 1. The van der Waals surface area contributed by atoms with Crippen LogP contribution in [0.2, 0.25) is 5.02 Å². The molecular formula is C23H21ClFN5O2. The third-order valence-electron chi connectivity index (χ3n) is 5.10. The molecule has 4 rings (SSSR count). The first-order valence-corrected chi connectivity index (χ1v) is 10.5. The van der Waals surface area contributed by atoms with Crippen molar-refractivity contribution >= 4 is 23.2 Å². The van der Waals surface area contributed by atoms with Crippen LogP contribution < -0.4 is 10.9 Å². The van der Waals surface area contributed by atoms with E-state index >= 15 is 0 Å². The topological polar surface area (TPSA) is 81.3 Å². The Kier molecular flexibility index (Phi) is 6.32. The minimum atomic E-state index is -0.431. The zero-order chi connectivity index (χ0) is 22.7. The predicted molar refractivity (Wildman–Crippen MR) is 119 cm³/mol. The molecular weight excluding hydrogens is 433 g/mol. The molecule has 0 fully saturated rings. The van der Waals surface area contributed by atoms with Gasteiger partial charge in [-0.1, -0.05) is 36.7 Å². The molecule has 0 aliphatic heterocycles. The van der Waals surface area contributed by atoms with Crippen molar-refractivity contribution in [1.82, 2.24) is 24.5 Å². The second kappa shape index (κ2) is 9.32. The molecule has 0 radical (unpaired) electrons. The Labute approximate surface area is 188 Å². The molecule has 1 atom stereocenters. The van der Waals surface area contributed by atoms with Crippen molar-refractivity contribution in [3.05, 3.63) is 93.5 Å². The number of benzene rings is 2. The Balaban J connectivity index is 1.42. The van der Waals surface area contributed by atoms with Crippen LogP contribution in [0.25, 0.3) is 11.3 Å². The molecule has 0 aliphatic carbocycles. The minimum absolute atomic E-state index is 0.0155. The van der Waals surface area contributed by atoms with Crippen LogP contribution in [-0.4, -0.2) is 25.1 Å². The fourth-order valence-electron chi connectivity index (χ4n) is 3.48. The van der Waals surface area contributed by atoms with Gasteiger partial charge in [0.15, 0.2) is 0 Å². The van der Waals surface area contributed by atoms with E-state index in [9.17, 15) is 14.0 Å². The van der Waals surface area contributed by atoms with E-state index in [0.29, 0.717) is 35.9 Å². The summed E-state index contributed by atoms with van der Waals surface area (Å²) >= 11 is 5.87. The Morgan fingerprint density at radius 3 is 2.69 bits per heavy atom. The summed E-state index contributed by atoms with van der Waals surface area (Å²) in [5, 5.41) is 11.7. The van der Waals surface area contributed by atoms with Crippen molar-refractivity contribution < 1.29 is 9.18 Å². The predicted octanol–water partition coefficient (Wildman–Crippen LogP) is 3.56. The molecule has 0 saturated heterocycles. The van der Waals surface area contributed by atoms with Gasteiger partial charge >= 0.3 is 5.56 Å². The molecule has 164 valence electrons. The van der Waals surface area contributed by atoms with Crippen molar-refractivity contribution in [3.8, 4) is 5.69 Å². The second-order valence-electron chi connectivity index (χ2n) is 7.68. The molecule has 32 heavy (non-hydrogen) atoms. The van der Waals surface area contributed by atoms with Gasteiger partial charge in [-0.15, -0.1) is 10.2 Å². The van der Waals surface area contributed by atoms with E-state index in [-0.39, 0.29) is 17.5 Å². The van der Waals surface area contributed by atoms with Gasteiger partial charge in [-0.25, -0.2) is 4.39 Å². The van der Waals surface area contributed by atoms with Crippen LogP contribution in [0.15, 0.2) is 65.7 Å². The van der Waals surface area contributed by atoms with E-state index in [4.69, 9.17) is 11.6 Å². The van der Waals surface area contributed by atoms with Crippen LogP contribution in [-0.2, 0) is 17.8 Å². The van der Waals surface area contributed by atoms with Gasteiger partial charge in [0.25, 0.3) is 0 Å². The third-order valence-corrected chi connectivity index (χ3v) is 5.35. The number of rotatable bonds is 7. The van der Waals surface area contributed by atoms with Gasteiger partial charge in [0.1, 0.15) is 11.6 Å². The van der Waals surface area contributed by atoms with E-state index < -0.39 is 11.4 Å². The van der Waals surface area contributed by atoms with Crippen molar-refractivity contribution in [3.63, 3.8) is 0 Å². The number of carbonyl (C=O) groups excluding carboxylic acids is 1. The zero-order valence-electron chi connectivity index (χ0n) is 17.3. The summed E-state index contributed by atoms with van der Waals surface area (Å²) in [6, 6.07) is 13.1. The molecule has 0 spiro atoms. The molecule has 1 amide bonds. The first-order chi connectivity index (χ1) is 15.4. The number of nitrogens with one attached hydrogen (secondary N) is 1. The fourth-order valence-corrected chi connectivity index (χ4v) is 3.60. The number of hydrogen-bond donors (Lipinski definition) is 1. The first-order valence-electron chi connectivity index (χ1n) is 10.1. The van der Waals surface area contributed by atoms with Crippen molar-refractivity contribution in [1.29, 1.82) is 0 Å². The number of fused-ring (bicyclic) bond motifs is 1. The summed E-state index contributed by atoms with van der Waals surface area (Å²) in [5.41, 5.74) is 1.12. The van der Waals surface area contributed by atoms with Gasteiger partial charge in [-0.3, -0.25) is 18.6 Å². The normalized spacial score (nSPS) is 12.1. The van der Waals surface area contributed by atoms with Gasteiger partial charge in [0.2, 0.25) is 11.6 Å². The molecule has 0 bridgehead atoms. The number of nitrogens with zero attached hydrogens (tertiary/aromatic N) is 4. The summed E-state index contributed by atoms with van der Waals surface area (Å²) in [7, 11) is 0. The molecule has 2 aromatic heterocycles. The summed E-state index contributed by atoms with van der Waals surface area (Å²) in [4.78, 5) is 25.1. The summed E-state index contributed by atoms with van der Waals surface area (Å²) in [6.45, 7) is 2.37. The standard InChI is InChI=1S/C23H21ClFN5O2/c1-15(12-21(31)26-14-16-5-7-17(24)8-6-16)11-20-27-28-22-23(32)29(9-10-30(20)22)19-4-2-3-18(25)13-19/h2-10,13,15H,11-12,14H2,1H3,(H,26,31). The lowest BCUT2D eigenvalue weighted by Crippen LogP contribution is -2.25. The van der Waals surface area contributed by atoms with Crippen LogP contribution in [0.3, 0.4) is 0 Å². The lowest BCUT2D eigenvalue weighted by atomic mass is 10.0. The number of aromatic nitrogens is 4. The molecule has 0 aliphatic rings. The van der Waals surface area contributed by atoms with Crippen LogP contribution in [0.5, 0.6) is 0 Å². The van der Waals surface area contributed by atoms with E-state index in [2.05, 4.69) is 15.5 Å². The minimum Gasteiger partial charge on any atom is -0.352 e. The van der Waals surface area contributed by atoms with E-state index in [1.54, 1.807) is 35.0 Å². The first kappa shape index (κ1) is 21.7. The Morgan fingerprint density at radius 1 is 1.16 bits per heavy atom. The van der Waals surface area contributed by atoms with E-state index in [1.165, 1.54) is 22.8 Å². The largest absolute Gasteiger partial charge is 0.352 e. The molecule has 2 heterocycles. The Morgan fingerprint density at radius 2 is 1.94 bits per heavy atom. The quantitative estimate of drug-likeness (QED) is 0.464. The van der Waals surface area contributed by atoms with Crippen LogP contribution in [0.1, 0.15) is 24.7 Å². The smallest absolute Gasteiger partial charge is 0.300 e. The summed E-state index contributed by atoms with van der Waals surface area (Å²) < 4.78 is 16.5. The van der Waals surface area contributed by atoms with Crippen molar-refractivity contribution in [2.24, 2.45) is 5.92 Å². The Hall–Kier alpha value is -3.52. The number of hydrogen-bond acceptors (Lipinski definition) is 4. The molecule has 7 nitrogen and oxygen atoms in total. The number of halogens is 2. The van der Waals surface area contributed by atoms with Gasteiger partial charge in [-0.05, 0) is 41.8 Å². The lowest BCUT2D eigenvalue weighted by molar-refractivity contribution is -0.122. The van der Waals surface area contributed by atoms with Gasteiger partial charge in [-0.2, -0.15) is 0 Å². The second-order valence-corrected chi connectivity index (χ2v) is 8.12. The van der Waals surface area contributed by atoms with Gasteiger partial charge < -0.3 is 5.32 Å². The average Bonchev–Trinajstić information content (AvgIpc) is 3.17. The SMILES string of the molecule is CC(CC(=O)NCc1ccc(Cl)cc1)Cc1nnc2c(=O)n(-c3cccc(F)c3)ccn12. The molecule has 4 aromatic rings. The van der Waals surface area contributed by atoms with Gasteiger partial charge in [0, 0.05) is 36.8 Å². The van der Waals surface area contributed by atoms with Crippen molar-refractivity contribution in [2.75, 3.05) is 0 Å². The zero-order valence-corrected chi connectivity index (χ0v) is 18.1. The number of carbonyl (C=O) groups is 1. The maximum atomic E-state index is 13.5. The van der Waals surface area contributed by atoms with Gasteiger partial charge in [0.05, 0.1) is 5.69 Å². The maximum absolute atomic E-state index is 13.5. The Bertz CT molecular complexity index is 1320. The third kappa shape index (κ3) is 4.86. The van der Waals surface area contributed by atoms with E-state index in [1.807, 2.05) is 19.1 Å². The monoisotopic (exact) mass is 453 g/mol. The molecule has 9 heteroatoms. The van der Waals surface area contributed by atoms with Crippen LogP contribution in [0.4, 0.5) is 4.39 Å². The average molecular weight is 454 g/mol. The molecule has 2 aromatic carbocycles. The molecule has 1 N–H and O–H groups in total. The highest BCUT2D eigenvalue weighted by Crippen LogP contribution is 2.13. The molecule has 0 saturated carbocycles. The highest BCUT2D eigenvalue weighted by atomic mass is 35.5. The summed E-state index contributed by atoms with van der Waals surface area (Å²) in [6.07, 6.45) is 4.01. The fraction of sp³-hybridized carbons (Fsp3) is 0.217. The summed E-state index contributed by atoms with van der Waals surface area (Å²) in [5.74, 6) is 0.0640. The highest BCUT2D eigenvalue weighted by Gasteiger charge is 2.16. The molecule has 1 unspecified atom stereocenters. The van der Waals surface area contributed by atoms with Crippen LogP contribution >= 0.6 is 11.6 Å².